The molecular formula is C23H39N3O2. The van der Waals surface area contributed by atoms with Crippen molar-refractivity contribution in [1.82, 2.24) is 15.1 Å². The average Bonchev–Trinajstić information content (AvgIpc) is 3.47. The van der Waals surface area contributed by atoms with Crippen LogP contribution in [-0.4, -0.2) is 71.7 Å². The fourth-order valence-corrected chi connectivity index (χ4v) is 7.07. The lowest BCUT2D eigenvalue weighted by atomic mass is 9.73. The number of hydrogen-bond donors (Lipinski definition) is 1. The normalized spacial score (nSPS) is 39.6. The van der Waals surface area contributed by atoms with Crippen LogP contribution in [-0.2, 0) is 9.53 Å². The van der Waals surface area contributed by atoms with E-state index >= 15 is 0 Å². The SMILES string of the molecule is CC(C)(C(=O)NC[C@H]1[C@H]2CN(C3CCCCC3)C[C@]23CC[C@H]1O3)N1CCCC1. The van der Waals surface area contributed by atoms with Crippen LogP contribution in [0.1, 0.15) is 71.6 Å². The zero-order valence-electron chi connectivity index (χ0n) is 17.9. The Kier molecular flexibility index (Phi) is 5.00. The molecule has 4 saturated heterocycles. The second kappa shape index (κ2) is 7.24. The third-order valence-electron chi connectivity index (χ3n) is 8.85. The number of nitrogens with one attached hydrogen (secondary N) is 1. The van der Waals surface area contributed by atoms with E-state index in [1.54, 1.807) is 0 Å². The zero-order valence-corrected chi connectivity index (χ0v) is 17.9. The van der Waals surface area contributed by atoms with Crippen LogP contribution in [0.15, 0.2) is 0 Å². The van der Waals surface area contributed by atoms with Gasteiger partial charge in [-0.05, 0) is 65.5 Å². The molecule has 1 aliphatic carbocycles. The maximum absolute atomic E-state index is 13.0. The standard InChI is InChI=1S/C23H39N3O2/c1-22(2,26-12-6-7-13-26)21(27)24-14-18-19-15-25(17-8-4-3-5-9-17)16-23(19)11-10-20(18)28-23/h17-20H,3-16H2,1-2H3,(H,24,27)/t18-,19+,20+,23+/m0/s1. The van der Waals surface area contributed by atoms with Crippen molar-refractivity contribution in [2.24, 2.45) is 11.8 Å². The van der Waals surface area contributed by atoms with Crippen molar-refractivity contribution in [3.8, 4) is 0 Å². The largest absolute Gasteiger partial charge is 0.370 e. The van der Waals surface area contributed by atoms with Gasteiger partial charge in [0.25, 0.3) is 0 Å². The summed E-state index contributed by atoms with van der Waals surface area (Å²) in [6, 6.07) is 0.778. The van der Waals surface area contributed by atoms with E-state index in [1.165, 1.54) is 64.3 Å². The highest BCUT2D eigenvalue weighted by atomic mass is 16.5. The number of nitrogens with zero attached hydrogens (tertiary/aromatic N) is 2. The van der Waals surface area contributed by atoms with Crippen molar-refractivity contribution in [3.63, 3.8) is 0 Å². The summed E-state index contributed by atoms with van der Waals surface area (Å²) >= 11 is 0. The van der Waals surface area contributed by atoms with Gasteiger partial charge in [0, 0.05) is 37.5 Å². The lowest BCUT2D eigenvalue weighted by Gasteiger charge is -2.35. The van der Waals surface area contributed by atoms with E-state index in [2.05, 4.69) is 29.0 Å². The van der Waals surface area contributed by atoms with E-state index < -0.39 is 5.54 Å². The fourth-order valence-electron chi connectivity index (χ4n) is 7.07. The molecule has 5 heteroatoms. The molecular weight excluding hydrogens is 350 g/mol. The van der Waals surface area contributed by atoms with Gasteiger partial charge < -0.3 is 10.1 Å². The molecule has 5 aliphatic rings. The van der Waals surface area contributed by atoms with E-state index in [9.17, 15) is 4.79 Å². The third kappa shape index (κ3) is 3.13. The third-order valence-corrected chi connectivity index (χ3v) is 8.85. The number of ether oxygens (including phenoxy) is 1. The molecule has 28 heavy (non-hydrogen) atoms. The van der Waals surface area contributed by atoms with E-state index in [0.29, 0.717) is 17.9 Å². The quantitative estimate of drug-likeness (QED) is 0.785. The highest BCUT2D eigenvalue weighted by Crippen LogP contribution is 2.55. The van der Waals surface area contributed by atoms with Crippen molar-refractivity contribution < 1.29 is 9.53 Å². The van der Waals surface area contributed by atoms with Crippen LogP contribution < -0.4 is 5.32 Å². The average molecular weight is 390 g/mol. The minimum atomic E-state index is -0.392. The van der Waals surface area contributed by atoms with Crippen LogP contribution in [0.4, 0.5) is 0 Å². The van der Waals surface area contributed by atoms with E-state index in [1.807, 2.05) is 0 Å². The molecule has 1 N–H and O–H groups in total. The summed E-state index contributed by atoms with van der Waals surface area (Å²) in [5.41, 5.74) is -0.293. The summed E-state index contributed by atoms with van der Waals surface area (Å²) in [7, 11) is 0. The second-order valence-electron chi connectivity index (χ2n) is 10.7. The second-order valence-corrected chi connectivity index (χ2v) is 10.7. The maximum Gasteiger partial charge on any atom is 0.239 e. The summed E-state index contributed by atoms with van der Waals surface area (Å²) in [6.45, 7) is 9.42. The molecule has 5 fully saturated rings. The Hall–Kier alpha value is -0.650. The summed E-state index contributed by atoms with van der Waals surface area (Å²) in [5.74, 6) is 1.32. The molecule has 4 atom stereocenters. The first kappa shape index (κ1) is 19.3. The van der Waals surface area contributed by atoms with E-state index in [4.69, 9.17) is 4.74 Å². The first-order chi connectivity index (χ1) is 13.5. The van der Waals surface area contributed by atoms with Gasteiger partial charge in [-0.3, -0.25) is 14.6 Å². The number of carbonyl (C=O) groups excluding carboxylic acids is 1. The summed E-state index contributed by atoms with van der Waals surface area (Å²) < 4.78 is 6.63. The summed E-state index contributed by atoms with van der Waals surface area (Å²) in [5, 5.41) is 3.35. The molecule has 1 saturated carbocycles. The molecule has 4 aliphatic heterocycles. The molecule has 0 aromatic rings. The number of amides is 1. The predicted octanol–water partition coefficient (Wildman–Crippen LogP) is 2.79. The monoisotopic (exact) mass is 389 g/mol. The van der Waals surface area contributed by atoms with Gasteiger partial charge in [0.05, 0.1) is 17.2 Å². The molecule has 2 bridgehead atoms. The van der Waals surface area contributed by atoms with Gasteiger partial charge >= 0.3 is 0 Å². The first-order valence-corrected chi connectivity index (χ1v) is 11.9. The van der Waals surface area contributed by atoms with Crippen molar-refractivity contribution in [2.75, 3.05) is 32.7 Å². The highest BCUT2D eigenvalue weighted by molar-refractivity contribution is 5.85. The topological polar surface area (TPSA) is 44.8 Å². The maximum atomic E-state index is 13.0. The van der Waals surface area contributed by atoms with Gasteiger partial charge in [-0.1, -0.05) is 19.3 Å². The van der Waals surface area contributed by atoms with E-state index in [0.717, 1.165) is 32.2 Å². The molecule has 4 heterocycles. The van der Waals surface area contributed by atoms with Gasteiger partial charge in [-0.2, -0.15) is 0 Å². The molecule has 0 unspecified atom stereocenters. The molecule has 158 valence electrons. The Morgan fingerprint density at radius 3 is 2.61 bits per heavy atom. The molecule has 0 radical (unpaired) electrons. The Labute approximate surface area is 170 Å². The molecule has 1 amide bonds. The van der Waals surface area contributed by atoms with Crippen LogP contribution in [0.5, 0.6) is 0 Å². The van der Waals surface area contributed by atoms with Gasteiger partial charge in [0.15, 0.2) is 0 Å². The minimum Gasteiger partial charge on any atom is -0.370 e. The highest BCUT2D eigenvalue weighted by Gasteiger charge is 2.63. The predicted molar refractivity (Wildman–Crippen MR) is 110 cm³/mol. The van der Waals surface area contributed by atoms with Crippen LogP contribution in [0.25, 0.3) is 0 Å². The number of fused-ring (bicyclic) bond motifs is 1. The van der Waals surface area contributed by atoms with Crippen LogP contribution in [0, 0.1) is 11.8 Å². The molecule has 1 spiro atoms. The van der Waals surface area contributed by atoms with Crippen LogP contribution >= 0.6 is 0 Å². The molecule has 5 rings (SSSR count). The molecule has 5 nitrogen and oxygen atoms in total. The number of rotatable bonds is 5. The van der Waals surface area contributed by atoms with Gasteiger partial charge in [0.2, 0.25) is 5.91 Å². The van der Waals surface area contributed by atoms with Gasteiger partial charge in [-0.15, -0.1) is 0 Å². The molecule has 0 aromatic carbocycles. The Morgan fingerprint density at radius 2 is 1.86 bits per heavy atom. The number of carbonyl (C=O) groups is 1. The van der Waals surface area contributed by atoms with Gasteiger partial charge in [-0.25, -0.2) is 0 Å². The zero-order chi connectivity index (χ0) is 19.4. The Morgan fingerprint density at radius 1 is 1.11 bits per heavy atom. The van der Waals surface area contributed by atoms with Crippen molar-refractivity contribution in [1.29, 1.82) is 0 Å². The number of likely N-dealkylation sites (tertiary alicyclic amines) is 2. The van der Waals surface area contributed by atoms with Crippen LogP contribution in [0.3, 0.4) is 0 Å². The van der Waals surface area contributed by atoms with Crippen molar-refractivity contribution in [3.05, 3.63) is 0 Å². The van der Waals surface area contributed by atoms with Crippen molar-refractivity contribution in [2.45, 2.75) is 94.9 Å². The first-order valence-electron chi connectivity index (χ1n) is 11.9. The number of hydrogen-bond acceptors (Lipinski definition) is 4. The van der Waals surface area contributed by atoms with Crippen LogP contribution in [0.2, 0.25) is 0 Å². The Bertz CT molecular complexity index is 597. The van der Waals surface area contributed by atoms with Gasteiger partial charge in [0.1, 0.15) is 0 Å². The molecule has 0 aromatic heterocycles. The van der Waals surface area contributed by atoms with Crippen molar-refractivity contribution >= 4 is 5.91 Å². The lowest BCUT2D eigenvalue weighted by molar-refractivity contribution is -0.131. The Balaban J connectivity index is 1.22. The smallest absolute Gasteiger partial charge is 0.239 e. The summed E-state index contributed by atoms with van der Waals surface area (Å²) in [4.78, 5) is 18.1. The summed E-state index contributed by atoms with van der Waals surface area (Å²) in [6.07, 6.45) is 12.2. The lowest BCUT2D eigenvalue weighted by Crippen LogP contribution is -2.55. The fraction of sp³-hybridized carbons (Fsp3) is 0.957. The minimum absolute atomic E-state index is 0.0992. The van der Waals surface area contributed by atoms with E-state index in [-0.39, 0.29) is 11.5 Å².